The van der Waals surface area contributed by atoms with E-state index in [4.69, 9.17) is 5.41 Å². The Morgan fingerprint density at radius 3 is 2.06 bits per heavy atom. The molecule has 1 heterocycles. The van der Waals surface area contributed by atoms with Crippen molar-refractivity contribution in [2.24, 2.45) is 0 Å². The van der Waals surface area contributed by atoms with Crippen molar-refractivity contribution < 1.29 is 9.59 Å². The highest BCUT2D eigenvalue weighted by Gasteiger charge is 2.51. The fraction of sp³-hybridized carbons (Fsp3) is 0.222. The van der Waals surface area contributed by atoms with Gasteiger partial charge in [-0.25, -0.2) is 0 Å². The third-order valence-corrected chi connectivity index (χ3v) is 5.96. The third-order valence-electron chi connectivity index (χ3n) is 5.96. The van der Waals surface area contributed by atoms with Crippen LogP contribution in [0.25, 0.3) is 0 Å². The lowest BCUT2D eigenvalue weighted by Crippen LogP contribution is -2.45. The number of benzene rings is 3. The third kappa shape index (κ3) is 4.51. The fourth-order valence-electron chi connectivity index (χ4n) is 4.15. The minimum Gasteiger partial charge on any atom is -0.352 e. The molecular weight excluding hydrogens is 412 g/mol. The van der Waals surface area contributed by atoms with Crippen LogP contribution >= 0.6 is 0 Å². The zero-order valence-electron chi connectivity index (χ0n) is 18.7. The van der Waals surface area contributed by atoms with Gasteiger partial charge in [0.2, 0.25) is 0 Å². The molecule has 3 aromatic carbocycles. The van der Waals surface area contributed by atoms with E-state index in [2.05, 4.69) is 10.6 Å². The minimum atomic E-state index is -1.11. The number of guanidine groups is 1. The molecule has 1 aliphatic rings. The number of rotatable bonds is 8. The second kappa shape index (κ2) is 9.69. The first-order valence-corrected chi connectivity index (χ1v) is 11.2. The maximum atomic E-state index is 13.7. The van der Waals surface area contributed by atoms with Crippen molar-refractivity contribution in [2.75, 3.05) is 13.1 Å². The highest BCUT2D eigenvalue weighted by atomic mass is 16.2. The van der Waals surface area contributed by atoms with Gasteiger partial charge < -0.3 is 10.6 Å². The molecule has 0 atom stereocenters. The molecule has 3 aromatic rings. The van der Waals surface area contributed by atoms with Gasteiger partial charge in [0.15, 0.2) is 11.5 Å². The van der Waals surface area contributed by atoms with Gasteiger partial charge in [0.05, 0.1) is 0 Å². The monoisotopic (exact) mass is 440 g/mol. The number of hydrogen-bond acceptors (Lipinski definition) is 3. The van der Waals surface area contributed by atoms with Gasteiger partial charge in [-0.1, -0.05) is 78.4 Å². The second-order valence-corrected chi connectivity index (χ2v) is 8.24. The highest BCUT2D eigenvalue weighted by Crippen LogP contribution is 2.35. The normalized spacial score (nSPS) is 14.8. The van der Waals surface area contributed by atoms with Gasteiger partial charge in [-0.2, -0.15) is 0 Å². The van der Waals surface area contributed by atoms with E-state index < -0.39 is 5.54 Å². The van der Waals surface area contributed by atoms with E-state index in [0.717, 1.165) is 16.7 Å². The molecule has 1 aliphatic heterocycles. The molecule has 168 valence electrons. The Kier molecular flexibility index (Phi) is 6.54. The summed E-state index contributed by atoms with van der Waals surface area (Å²) >= 11 is 0. The summed E-state index contributed by atoms with van der Waals surface area (Å²) in [6.45, 7) is 2.91. The maximum absolute atomic E-state index is 13.7. The number of amides is 2. The summed E-state index contributed by atoms with van der Waals surface area (Å²) < 4.78 is 0. The van der Waals surface area contributed by atoms with E-state index in [-0.39, 0.29) is 17.8 Å². The highest BCUT2D eigenvalue weighted by molar-refractivity contribution is 6.10. The molecule has 6 heteroatoms. The standard InChI is InChI=1S/C27H28N4O2/c1-20-14-16-21(17-15-20)24(32)29-18-8-9-19-31-25(33)27(30-26(31)28,22-10-4-2-5-11-22)23-12-6-3-7-13-23/h2-7,10-17H,8-9,18-19H2,1H3,(H2,28,30)(H,29,32). The molecule has 6 nitrogen and oxygen atoms in total. The SMILES string of the molecule is Cc1ccc(C(=O)NCCCCN2C(=N)NC(c3ccccc3)(c3ccccc3)C2=O)cc1. The fourth-order valence-corrected chi connectivity index (χ4v) is 4.15. The molecule has 0 spiro atoms. The van der Waals surface area contributed by atoms with Crippen LogP contribution in [0.1, 0.15) is 39.9 Å². The Morgan fingerprint density at radius 1 is 0.909 bits per heavy atom. The topological polar surface area (TPSA) is 85.3 Å². The van der Waals surface area contributed by atoms with Crippen LogP contribution < -0.4 is 10.6 Å². The number of unbranched alkanes of at least 4 members (excludes halogenated alkanes) is 1. The summed E-state index contributed by atoms with van der Waals surface area (Å²) in [7, 11) is 0. The number of carbonyl (C=O) groups is 2. The van der Waals surface area contributed by atoms with Crippen LogP contribution in [-0.4, -0.2) is 35.8 Å². The van der Waals surface area contributed by atoms with Gasteiger partial charge in [0, 0.05) is 18.7 Å². The largest absolute Gasteiger partial charge is 0.352 e. The predicted molar refractivity (Wildman–Crippen MR) is 129 cm³/mol. The molecule has 0 aliphatic carbocycles. The molecule has 1 saturated heterocycles. The zero-order valence-corrected chi connectivity index (χ0v) is 18.7. The number of nitrogens with zero attached hydrogens (tertiary/aromatic N) is 1. The van der Waals surface area contributed by atoms with Crippen molar-refractivity contribution in [2.45, 2.75) is 25.3 Å². The molecule has 2 amide bonds. The van der Waals surface area contributed by atoms with E-state index >= 15 is 0 Å². The van der Waals surface area contributed by atoms with Crippen molar-refractivity contribution in [1.82, 2.24) is 15.5 Å². The van der Waals surface area contributed by atoms with Gasteiger partial charge in [0.25, 0.3) is 11.8 Å². The Bertz CT molecular complexity index is 1090. The smallest absolute Gasteiger partial charge is 0.264 e. The van der Waals surface area contributed by atoms with Crippen LogP contribution in [0, 0.1) is 12.3 Å². The van der Waals surface area contributed by atoms with Crippen LogP contribution in [-0.2, 0) is 10.3 Å². The lowest BCUT2D eigenvalue weighted by atomic mass is 9.82. The van der Waals surface area contributed by atoms with E-state index in [1.54, 1.807) is 0 Å². The van der Waals surface area contributed by atoms with Crippen molar-refractivity contribution in [3.63, 3.8) is 0 Å². The summed E-state index contributed by atoms with van der Waals surface area (Å²) in [6.07, 6.45) is 1.38. The predicted octanol–water partition coefficient (Wildman–Crippen LogP) is 3.82. The van der Waals surface area contributed by atoms with Gasteiger partial charge in [-0.05, 0) is 43.0 Å². The molecule has 4 rings (SSSR count). The summed E-state index contributed by atoms with van der Waals surface area (Å²) in [5.41, 5.74) is 2.24. The molecule has 0 bridgehead atoms. The molecule has 3 N–H and O–H groups in total. The maximum Gasteiger partial charge on any atom is 0.264 e. The Balaban J connectivity index is 1.40. The molecule has 33 heavy (non-hydrogen) atoms. The van der Waals surface area contributed by atoms with Crippen molar-refractivity contribution in [3.05, 3.63) is 107 Å². The Morgan fingerprint density at radius 2 is 1.48 bits per heavy atom. The number of aryl methyl sites for hydroxylation is 1. The van der Waals surface area contributed by atoms with Gasteiger partial charge in [-0.15, -0.1) is 0 Å². The molecule has 0 unspecified atom stereocenters. The van der Waals surface area contributed by atoms with Crippen LogP contribution in [0.15, 0.2) is 84.9 Å². The summed E-state index contributed by atoms with van der Waals surface area (Å²) in [6, 6.07) is 26.5. The minimum absolute atomic E-state index is 0.0939. The zero-order chi connectivity index (χ0) is 23.3. The molecular formula is C27H28N4O2. The molecule has 0 radical (unpaired) electrons. The van der Waals surface area contributed by atoms with Crippen LogP contribution in [0.2, 0.25) is 0 Å². The molecule has 0 aromatic heterocycles. The number of nitrogens with one attached hydrogen (secondary N) is 3. The van der Waals surface area contributed by atoms with Crippen molar-refractivity contribution in [3.8, 4) is 0 Å². The van der Waals surface area contributed by atoms with Gasteiger partial charge >= 0.3 is 0 Å². The number of carbonyl (C=O) groups excluding carboxylic acids is 2. The average molecular weight is 441 g/mol. The average Bonchev–Trinajstić information content (AvgIpc) is 3.11. The summed E-state index contributed by atoms with van der Waals surface area (Å²) in [5, 5.41) is 14.6. The van der Waals surface area contributed by atoms with E-state index in [1.807, 2.05) is 91.9 Å². The van der Waals surface area contributed by atoms with Gasteiger partial charge in [0.1, 0.15) is 0 Å². The Hall–Kier alpha value is -3.93. The first-order chi connectivity index (χ1) is 16.0. The van der Waals surface area contributed by atoms with Crippen LogP contribution in [0.5, 0.6) is 0 Å². The lowest BCUT2D eigenvalue weighted by Gasteiger charge is -2.28. The quantitative estimate of drug-likeness (QED) is 0.466. The first-order valence-electron chi connectivity index (χ1n) is 11.2. The summed E-state index contributed by atoms with van der Waals surface area (Å²) in [4.78, 5) is 27.4. The second-order valence-electron chi connectivity index (χ2n) is 8.24. The lowest BCUT2D eigenvalue weighted by molar-refractivity contribution is -0.130. The van der Waals surface area contributed by atoms with E-state index in [9.17, 15) is 9.59 Å². The number of hydrogen-bond donors (Lipinski definition) is 3. The molecule has 1 fully saturated rings. The Labute approximate surface area is 194 Å². The van der Waals surface area contributed by atoms with Crippen molar-refractivity contribution >= 4 is 17.8 Å². The summed E-state index contributed by atoms with van der Waals surface area (Å²) in [5.74, 6) is -0.168. The van der Waals surface area contributed by atoms with Crippen LogP contribution in [0.4, 0.5) is 0 Å². The van der Waals surface area contributed by atoms with E-state index in [1.165, 1.54) is 4.90 Å². The van der Waals surface area contributed by atoms with Crippen molar-refractivity contribution in [1.29, 1.82) is 5.41 Å². The first kappa shape index (κ1) is 22.3. The molecule has 0 saturated carbocycles. The van der Waals surface area contributed by atoms with Gasteiger partial charge in [-0.3, -0.25) is 19.9 Å². The van der Waals surface area contributed by atoms with Crippen LogP contribution in [0.3, 0.4) is 0 Å². The van der Waals surface area contributed by atoms with E-state index in [0.29, 0.717) is 31.5 Å².